The minimum Gasteiger partial charge on any atom is -0.477 e. The largest absolute Gasteiger partial charge is 0.477 e. The minimum absolute atomic E-state index is 0.104. The molecule has 1 atom stereocenters. The molecule has 30 heavy (non-hydrogen) atoms. The number of fused-ring (bicyclic) bond motifs is 2. The molecule has 1 unspecified atom stereocenters. The summed E-state index contributed by atoms with van der Waals surface area (Å²) in [5.74, 6) is 1.63. The third-order valence-electron chi connectivity index (χ3n) is 5.78. The van der Waals surface area contributed by atoms with Gasteiger partial charge in [-0.25, -0.2) is 0 Å². The first kappa shape index (κ1) is 18.6. The molecule has 2 aliphatic rings. The summed E-state index contributed by atoms with van der Waals surface area (Å²) in [6.07, 6.45) is 5.14. The maximum absolute atomic E-state index is 13.0. The number of Topliss-reactive ketones (excluding diaryl/α,β-unsaturated/α-hetero) is 1. The lowest BCUT2D eigenvalue weighted by atomic mass is 9.99. The van der Waals surface area contributed by atoms with E-state index in [1.807, 2.05) is 43.3 Å². The van der Waals surface area contributed by atoms with Gasteiger partial charge in [-0.1, -0.05) is 36.4 Å². The molecule has 150 valence electrons. The Bertz CT molecular complexity index is 1140. The van der Waals surface area contributed by atoms with Crippen LogP contribution in [0.15, 0.2) is 66.7 Å². The van der Waals surface area contributed by atoms with Crippen molar-refractivity contribution in [3.63, 3.8) is 0 Å². The highest BCUT2D eigenvalue weighted by Crippen LogP contribution is 2.44. The molecule has 0 amide bonds. The number of hydrogen-bond donors (Lipinski definition) is 0. The number of aromatic nitrogens is 1. The van der Waals surface area contributed by atoms with Crippen LogP contribution in [0.3, 0.4) is 0 Å². The standard InChI is InChI=1S/C25H22N2O3/c1-16-24-20(14-27(15-29-24)17(2)19-8-4-3-5-9-19)12-21-23(28)22(30-25(16)21)11-18-7-6-10-26-13-18/h3-13,17H,14-15H2,1-2H3/b22-11-. The fraction of sp³-hybridized carbons (Fsp3) is 0.200. The van der Waals surface area contributed by atoms with Crippen LogP contribution in [0, 0.1) is 6.92 Å². The van der Waals surface area contributed by atoms with Gasteiger partial charge in [-0.2, -0.15) is 0 Å². The van der Waals surface area contributed by atoms with E-state index in [1.54, 1.807) is 18.5 Å². The van der Waals surface area contributed by atoms with Crippen LogP contribution in [0.2, 0.25) is 0 Å². The van der Waals surface area contributed by atoms with Crippen molar-refractivity contribution in [1.82, 2.24) is 9.88 Å². The first-order valence-electron chi connectivity index (χ1n) is 10.0. The summed E-state index contributed by atoms with van der Waals surface area (Å²) in [7, 11) is 0. The van der Waals surface area contributed by atoms with Crippen molar-refractivity contribution in [2.45, 2.75) is 26.4 Å². The maximum atomic E-state index is 13.0. The summed E-state index contributed by atoms with van der Waals surface area (Å²) in [4.78, 5) is 19.4. The van der Waals surface area contributed by atoms with Gasteiger partial charge < -0.3 is 9.47 Å². The summed E-state index contributed by atoms with van der Waals surface area (Å²) in [5.41, 5.74) is 4.55. The second-order valence-electron chi connectivity index (χ2n) is 7.70. The molecule has 1 aromatic heterocycles. The third-order valence-corrected chi connectivity index (χ3v) is 5.78. The van der Waals surface area contributed by atoms with Crippen LogP contribution >= 0.6 is 0 Å². The van der Waals surface area contributed by atoms with Gasteiger partial charge in [0, 0.05) is 36.1 Å². The van der Waals surface area contributed by atoms with Gasteiger partial charge in [0.05, 0.1) is 5.56 Å². The van der Waals surface area contributed by atoms with E-state index in [9.17, 15) is 4.79 Å². The molecule has 5 nitrogen and oxygen atoms in total. The number of benzene rings is 2. The van der Waals surface area contributed by atoms with Gasteiger partial charge in [0.25, 0.3) is 0 Å². The van der Waals surface area contributed by atoms with Crippen LogP contribution in [-0.2, 0) is 6.54 Å². The third kappa shape index (κ3) is 3.17. The zero-order valence-electron chi connectivity index (χ0n) is 17.0. The number of nitrogens with zero attached hydrogens (tertiary/aromatic N) is 2. The molecule has 5 heteroatoms. The van der Waals surface area contributed by atoms with Crippen molar-refractivity contribution in [2.24, 2.45) is 0 Å². The highest BCUT2D eigenvalue weighted by Gasteiger charge is 2.34. The van der Waals surface area contributed by atoms with Crippen LogP contribution in [0.5, 0.6) is 11.5 Å². The van der Waals surface area contributed by atoms with E-state index in [-0.39, 0.29) is 11.8 Å². The SMILES string of the molecule is Cc1c2c(cc3c1O/C(=C\c1cccnc1)C3=O)CN(C(C)c1ccccc1)CO2. The van der Waals surface area contributed by atoms with Crippen LogP contribution < -0.4 is 9.47 Å². The maximum Gasteiger partial charge on any atom is 0.231 e. The topological polar surface area (TPSA) is 51.7 Å². The molecule has 0 spiro atoms. The van der Waals surface area contributed by atoms with Crippen molar-refractivity contribution >= 4 is 11.9 Å². The smallest absolute Gasteiger partial charge is 0.231 e. The predicted octanol–water partition coefficient (Wildman–Crippen LogP) is 4.92. The number of hydrogen-bond acceptors (Lipinski definition) is 5. The fourth-order valence-corrected chi connectivity index (χ4v) is 4.07. The van der Waals surface area contributed by atoms with Gasteiger partial charge in [0.1, 0.15) is 18.2 Å². The average Bonchev–Trinajstić information content (AvgIpc) is 3.10. The Morgan fingerprint density at radius 3 is 2.73 bits per heavy atom. The number of rotatable bonds is 3. The van der Waals surface area contributed by atoms with E-state index in [0.717, 1.165) is 22.4 Å². The molecular weight excluding hydrogens is 376 g/mol. The molecule has 0 saturated heterocycles. The summed E-state index contributed by atoms with van der Waals surface area (Å²) in [5, 5.41) is 0. The van der Waals surface area contributed by atoms with Crippen molar-refractivity contribution in [3.05, 3.63) is 94.5 Å². The summed E-state index contributed by atoms with van der Waals surface area (Å²) < 4.78 is 12.1. The number of carbonyl (C=O) groups excluding carboxylic acids is 1. The highest BCUT2D eigenvalue weighted by molar-refractivity contribution is 6.15. The zero-order valence-corrected chi connectivity index (χ0v) is 17.0. The Hall–Kier alpha value is -3.44. The van der Waals surface area contributed by atoms with Crippen LogP contribution in [-0.4, -0.2) is 22.4 Å². The molecule has 2 aliphatic heterocycles. The van der Waals surface area contributed by atoms with Gasteiger partial charge >= 0.3 is 0 Å². The van der Waals surface area contributed by atoms with Crippen LogP contribution in [0.4, 0.5) is 0 Å². The average molecular weight is 398 g/mol. The van der Waals surface area contributed by atoms with E-state index < -0.39 is 0 Å². The Balaban J connectivity index is 1.46. The summed E-state index contributed by atoms with van der Waals surface area (Å²) in [6, 6.07) is 16.2. The van der Waals surface area contributed by atoms with Crippen molar-refractivity contribution < 1.29 is 14.3 Å². The van der Waals surface area contributed by atoms with E-state index in [0.29, 0.717) is 30.3 Å². The lowest BCUT2D eigenvalue weighted by Gasteiger charge is -2.34. The van der Waals surface area contributed by atoms with Crippen molar-refractivity contribution in [1.29, 1.82) is 0 Å². The first-order valence-corrected chi connectivity index (χ1v) is 10.0. The van der Waals surface area contributed by atoms with Crippen LogP contribution in [0.1, 0.15) is 45.6 Å². The van der Waals surface area contributed by atoms with Crippen molar-refractivity contribution in [2.75, 3.05) is 6.73 Å². The quantitative estimate of drug-likeness (QED) is 0.586. The normalized spacial score (nSPS) is 17.8. The van der Waals surface area contributed by atoms with Crippen LogP contribution in [0.25, 0.3) is 6.08 Å². The highest BCUT2D eigenvalue weighted by atomic mass is 16.5. The Morgan fingerprint density at radius 2 is 1.97 bits per heavy atom. The Labute approximate surface area is 175 Å². The molecule has 0 N–H and O–H groups in total. The van der Waals surface area contributed by atoms with Gasteiger partial charge in [-0.3, -0.25) is 14.7 Å². The lowest BCUT2D eigenvalue weighted by molar-refractivity contribution is 0.0609. The molecule has 0 saturated carbocycles. The van der Waals surface area contributed by atoms with E-state index in [4.69, 9.17) is 9.47 Å². The Kier molecular flexibility index (Phi) is 4.60. The summed E-state index contributed by atoms with van der Waals surface area (Å²) >= 11 is 0. The monoisotopic (exact) mass is 398 g/mol. The Morgan fingerprint density at radius 1 is 1.13 bits per heavy atom. The molecule has 0 fully saturated rings. The van der Waals surface area contributed by atoms with Gasteiger partial charge in [0.2, 0.25) is 5.78 Å². The fourth-order valence-electron chi connectivity index (χ4n) is 4.07. The minimum atomic E-state index is -0.104. The van der Waals surface area contributed by atoms with E-state index in [1.165, 1.54) is 5.56 Å². The van der Waals surface area contributed by atoms with Crippen molar-refractivity contribution in [3.8, 4) is 11.5 Å². The number of ketones is 1. The molecule has 0 aliphatic carbocycles. The lowest BCUT2D eigenvalue weighted by Crippen LogP contribution is -2.34. The molecule has 3 heterocycles. The number of carbonyl (C=O) groups is 1. The number of allylic oxidation sites excluding steroid dienone is 1. The summed E-state index contributed by atoms with van der Waals surface area (Å²) in [6.45, 7) is 5.34. The van der Waals surface area contributed by atoms with E-state index >= 15 is 0 Å². The molecule has 0 radical (unpaired) electrons. The second kappa shape index (κ2) is 7.43. The van der Waals surface area contributed by atoms with E-state index in [2.05, 4.69) is 28.9 Å². The number of ether oxygens (including phenoxy) is 2. The molecule has 3 aromatic rings. The second-order valence-corrected chi connectivity index (χ2v) is 7.70. The molecule has 2 aromatic carbocycles. The molecule has 0 bridgehead atoms. The van der Waals surface area contributed by atoms with Gasteiger partial charge in [0.15, 0.2) is 5.76 Å². The first-order chi connectivity index (χ1) is 14.6. The van der Waals surface area contributed by atoms with Gasteiger partial charge in [-0.15, -0.1) is 0 Å². The predicted molar refractivity (Wildman–Crippen MR) is 114 cm³/mol. The number of pyridine rings is 1. The molecule has 5 rings (SSSR count). The zero-order chi connectivity index (χ0) is 20.7. The van der Waals surface area contributed by atoms with Gasteiger partial charge in [-0.05, 0) is 43.2 Å². The molecular formula is C25H22N2O3.